The highest BCUT2D eigenvalue weighted by Crippen LogP contribution is 2.14. The van der Waals surface area contributed by atoms with Crippen LogP contribution in [-0.2, 0) is 14.3 Å². The molecule has 2 aromatic rings. The average Bonchev–Trinajstić information content (AvgIpc) is 3.40. The van der Waals surface area contributed by atoms with Gasteiger partial charge in [0.1, 0.15) is 6.04 Å². The lowest BCUT2D eigenvalue weighted by Crippen LogP contribution is -2.52. The van der Waals surface area contributed by atoms with Gasteiger partial charge >= 0.3 is 5.97 Å². The van der Waals surface area contributed by atoms with E-state index in [0.29, 0.717) is 43.2 Å². The lowest BCUT2D eigenvalue weighted by atomic mass is 9.99. The lowest BCUT2D eigenvalue weighted by Gasteiger charge is -2.34. The topological polar surface area (TPSA) is 109 Å². The number of hydrogen-bond acceptors (Lipinski definition) is 6. The number of amides is 3. The molecule has 0 saturated carbocycles. The average molecular weight is 490 g/mol. The summed E-state index contributed by atoms with van der Waals surface area (Å²) in [5, 5.41) is 3.20. The van der Waals surface area contributed by atoms with Crippen molar-refractivity contribution in [2.75, 3.05) is 32.8 Å². The predicted molar refractivity (Wildman–Crippen MR) is 124 cm³/mol. The number of piperazine rings is 1. The first-order valence-electron chi connectivity index (χ1n) is 11.1. The maximum atomic E-state index is 12.7. The number of halogens is 1. The van der Waals surface area contributed by atoms with Crippen LogP contribution in [0.4, 0.5) is 0 Å². The summed E-state index contributed by atoms with van der Waals surface area (Å²) < 4.78 is 10.4. The van der Waals surface area contributed by atoms with Crippen LogP contribution in [0.3, 0.4) is 0 Å². The van der Waals surface area contributed by atoms with E-state index < -0.39 is 24.5 Å². The van der Waals surface area contributed by atoms with Crippen LogP contribution in [0.1, 0.15) is 41.2 Å². The van der Waals surface area contributed by atoms with E-state index in [9.17, 15) is 19.2 Å². The molecule has 1 fully saturated rings. The molecule has 1 saturated heterocycles. The third kappa shape index (κ3) is 6.38. The first kappa shape index (κ1) is 25.3. The van der Waals surface area contributed by atoms with Crippen molar-refractivity contribution >= 4 is 35.3 Å². The van der Waals surface area contributed by atoms with Crippen molar-refractivity contribution in [3.05, 3.63) is 59.0 Å². The third-order valence-electron chi connectivity index (χ3n) is 5.85. The smallest absolute Gasteiger partial charge is 0.329 e. The Labute approximate surface area is 203 Å². The first-order valence-corrected chi connectivity index (χ1v) is 11.5. The summed E-state index contributed by atoms with van der Waals surface area (Å²) in [6.07, 6.45) is 2.06. The Balaban J connectivity index is 1.50. The summed E-state index contributed by atoms with van der Waals surface area (Å²) in [5.41, 5.74) is 0.364. The van der Waals surface area contributed by atoms with Crippen molar-refractivity contribution in [2.45, 2.75) is 26.3 Å². The van der Waals surface area contributed by atoms with Crippen LogP contribution in [0.25, 0.3) is 0 Å². The number of hydrogen-bond donors (Lipinski definition) is 1. The second-order valence-electron chi connectivity index (χ2n) is 8.10. The molecule has 0 aliphatic carbocycles. The van der Waals surface area contributed by atoms with Crippen LogP contribution in [0.15, 0.2) is 47.1 Å². The molecular formula is C24H28ClN3O6. The molecule has 1 aromatic carbocycles. The highest BCUT2D eigenvalue weighted by molar-refractivity contribution is 6.30. The lowest BCUT2D eigenvalue weighted by molar-refractivity contribution is -0.155. The van der Waals surface area contributed by atoms with Gasteiger partial charge < -0.3 is 24.3 Å². The van der Waals surface area contributed by atoms with Crippen molar-refractivity contribution in [1.82, 2.24) is 15.1 Å². The number of esters is 1. The molecule has 0 unspecified atom stereocenters. The number of carbonyl (C=O) groups is 4. The van der Waals surface area contributed by atoms with Crippen LogP contribution in [0.2, 0.25) is 5.02 Å². The number of nitrogens with one attached hydrogen (secondary N) is 1. The van der Waals surface area contributed by atoms with Crippen LogP contribution >= 0.6 is 11.6 Å². The van der Waals surface area contributed by atoms with Crippen molar-refractivity contribution in [3.63, 3.8) is 0 Å². The predicted octanol–water partition coefficient (Wildman–Crippen LogP) is 2.61. The summed E-state index contributed by atoms with van der Waals surface area (Å²) >= 11 is 5.86. The van der Waals surface area contributed by atoms with Crippen LogP contribution < -0.4 is 5.32 Å². The summed E-state index contributed by atoms with van der Waals surface area (Å²) in [5.74, 6) is -1.62. The molecular weight excluding hydrogens is 462 g/mol. The van der Waals surface area contributed by atoms with Gasteiger partial charge in [-0.15, -0.1) is 0 Å². The Morgan fingerprint density at radius 1 is 1.06 bits per heavy atom. The van der Waals surface area contributed by atoms with Gasteiger partial charge in [-0.25, -0.2) is 4.79 Å². The second kappa shape index (κ2) is 11.7. The zero-order valence-electron chi connectivity index (χ0n) is 19.2. The Bertz CT molecular complexity index is 1000. The number of rotatable bonds is 8. The number of ether oxygens (including phenoxy) is 1. The van der Waals surface area contributed by atoms with Gasteiger partial charge in [0.2, 0.25) is 0 Å². The molecule has 1 aliphatic rings. The number of carbonyl (C=O) groups excluding carboxylic acids is 4. The fourth-order valence-electron chi connectivity index (χ4n) is 3.52. The molecule has 3 rings (SSSR count). The van der Waals surface area contributed by atoms with E-state index >= 15 is 0 Å². The minimum atomic E-state index is -0.899. The molecule has 9 nitrogen and oxygen atoms in total. The Morgan fingerprint density at radius 3 is 2.29 bits per heavy atom. The zero-order chi connectivity index (χ0) is 24.7. The van der Waals surface area contributed by atoms with E-state index in [1.165, 1.54) is 6.26 Å². The number of nitrogens with zero attached hydrogens (tertiary/aromatic N) is 2. The van der Waals surface area contributed by atoms with Gasteiger partial charge in [-0.2, -0.15) is 0 Å². The van der Waals surface area contributed by atoms with E-state index in [1.54, 1.807) is 46.2 Å². The quantitative estimate of drug-likeness (QED) is 0.571. The van der Waals surface area contributed by atoms with E-state index in [2.05, 4.69) is 5.32 Å². The second-order valence-corrected chi connectivity index (χ2v) is 8.54. The minimum absolute atomic E-state index is 0.199. The van der Waals surface area contributed by atoms with E-state index in [-0.39, 0.29) is 23.5 Å². The van der Waals surface area contributed by atoms with Crippen molar-refractivity contribution in [2.24, 2.45) is 5.92 Å². The normalized spacial score (nSPS) is 15.4. The van der Waals surface area contributed by atoms with Gasteiger partial charge in [-0.3, -0.25) is 14.4 Å². The first-order chi connectivity index (χ1) is 16.3. The molecule has 1 N–H and O–H groups in total. The fourth-order valence-corrected chi connectivity index (χ4v) is 3.65. The zero-order valence-corrected chi connectivity index (χ0v) is 19.9. The molecule has 0 radical (unpaired) electrons. The summed E-state index contributed by atoms with van der Waals surface area (Å²) in [6.45, 7) is 4.64. The standard InChI is InChI=1S/C24H28ClN3O6/c1-3-16(2)21(26-22(30)17-6-8-18(25)9-7-17)24(32)34-15-20(29)27-10-12-28(13-11-27)23(31)19-5-4-14-33-19/h4-9,14,16,21H,3,10-13,15H2,1-2H3,(H,26,30)/t16-,21-/m0/s1. The minimum Gasteiger partial charge on any atom is -0.459 e. The van der Waals surface area contributed by atoms with Crippen molar-refractivity contribution in [1.29, 1.82) is 0 Å². The maximum Gasteiger partial charge on any atom is 0.329 e. The van der Waals surface area contributed by atoms with Gasteiger partial charge in [-0.1, -0.05) is 31.9 Å². The van der Waals surface area contributed by atoms with E-state index in [4.69, 9.17) is 20.8 Å². The molecule has 34 heavy (non-hydrogen) atoms. The number of furan rings is 1. The molecule has 3 amide bonds. The molecule has 0 bridgehead atoms. The van der Waals surface area contributed by atoms with Gasteiger partial charge in [-0.05, 0) is 42.3 Å². The van der Waals surface area contributed by atoms with Crippen LogP contribution in [0, 0.1) is 5.92 Å². The molecule has 2 atom stereocenters. The highest BCUT2D eigenvalue weighted by Gasteiger charge is 2.30. The van der Waals surface area contributed by atoms with Gasteiger partial charge in [0.15, 0.2) is 12.4 Å². The van der Waals surface area contributed by atoms with Crippen LogP contribution in [-0.4, -0.2) is 72.3 Å². The maximum absolute atomic E-state index is 12.7. The van der Waals surface area contributed by atoms with Crippen LogP contribution in [0.5, 0.6) is 0 Å². The molecule has 2 heterocycles. The molecule has 10 heteroatoms. The Hall–Kier alpha value is -3.33. The van der Waals surface area contributed by atoms with Gasteiger partial charge in [0.25, 0.3) is 17.7 Å². The fraction of sp³-hybridized carbons (Fsp3) is 0.417. The Morgan fingerprint density at radius 2 is 1.71 bits per heavy atom. The monoisotopic (exact) mass is 489 g/mol. The SMILES string of the molecule is CC[C@H](C)[C@H](NC(=O)c1ccc(Cl)cc1)C(=O)OCC(=O)N1CCN(C(=O)c2ccco2)CC1. The molecule has 0 spiro atoms. The van der Waals surface area contributed by atoms with E-state index in [0.717, 1.165) is 0 Å². The third-order valence-corrected chi connectivity index (χ3v) is 6.10. The van der Waals surface area contributed by atoms with Gasteiger partial charge in [0, 0.05) is 36.8 Å². The summed E-state index contributed by atoms with van der Waals surface area (Å²) in [7, 11) is 0. The largest absolute Gasteiger partial charge is 0.459 e. The summed E-state index contributed by atoms with van der Waals surface area (Å²) in [4.78, 5) is 53.4. The van der Waals surface area contributed by atoms with E-state index in [1.807, 2.05) is 13.8 Å². The molecule has 1 aromatic heterocycles. The van der Waals surface area contributed by atoms with Crippen molar-refractivity contribution < 1.29 is 28.3 Å². The highest BCUT2D eigenvalue weighted by atomic mass is 35.5. The summed E-state index contributed by atoms with van der Waals surface area (Å²) in [6, 6.07) is 8.66. The Kier molecular flexibility index (Phi) is 8.70. The molecule has 1 aliphatic heterocycles. The molecule has 182 valence electrons. The van der Waals surface area contributed by atoms with Crippen molar-refractivity contribution in [3.8, 4) is 0 Å². The number of benzene rings is 1. The van der Waals surface area contributed by atoms with Gasteiger partial charge in [0.05, 0.1) is 6.26 Å².